The number of sulfonamides is 1. The molecule has 0 aliphatic carbocycles. The monoisotopic (exact) mass is 292 g/mol. The third kappa shape index (κ3) is 3.87. The summed E-state index contributed by atoms with van der Waals surface area (Å²) in [6, 6.07) is 3.08. The molecule has 1 rings (SSSR count). The standard InChI is InChI=1S/C11H17FN2O4S/c1-18-7-5-14(4-6-15)19(16,17)11-3-2-9(12)8-10(11)13/h2-3,8,15H,4-7,13H2,1H3. The van der Waals surface area contributed by atoms with Gasteiger partial charge in [-0.3, -0.25) is 0 Å². The number of hydrogen-bond donors (Lipinski definition) is 2. The summed E-state index contributed by atoms with van der Waals surface area (Å²) in [6.07, 6.45) is 0. The molecular weight excluding hydrogens is 275 g/mol. The minimum absolute atomic E-state index is 0.0796. The van der Waals surface area contributed by atoms with Crippen LogP contribution in [0.15, 0.2) is 23.1 Å². The van der Waals surface area contributed by atoms with E-state index in [-0.39, 0.29) is 36.9 Å². The van der Waals surface area contributed by atoms with Gasteiger partial charge < -0.3 is 15.6 Å². The van der Waals surface area contributed by atoms with Crippen LogP contribution in [0.3, 0.4) is 0 Å². The molecule has 19 heavy (non-hydrogen) atoms. The van der Waals surface area contributed by atoms with Gasteiger partial charge in [-0.25, -0.2) is 12.8 Å². The SMILES string of the molecule is COCCN(CCO)S(=O)(=O)c1ccc(F)cc1N. The van der Waals surface area contributed by atoms with Crippen molar-refractivity contribution >= 4 is 15.7 Å². The summed E-state index contributed by atoms with van der Waals surface area (Å²) in [7, 11) is -2.44. The predicted octanol–water partition coefficient (Wildman–Crippen LogP) is 0.0373. The van der Waals surface area contributed by atoms with Gasteiger partial charge in [-0.15, -0.1) is 0 Å². The summed E-state index contributed by atoms with van der Waals surface area (Å²) in [5.41, 5.74) is 5.36. The van der Waals surface area contributed by atoms with Crippen molar-refractivity contribution in [2.45, 2.75) is 4.90 Å². The summed E-state index contributed by atoms with van der Waals surface area (Å²) in [6.45, 7) is -0.150. The lowest BCUT2D eigenvalue weighted by atomic mass is 10.3. The van der Waals surface area contributed by atoms with Crippen LogP contribution >= 0.6 is 0 Å². The van der Waals surface area contributed by atoms with Gasteiger partial charge in [-0.1, -0.05) is 0 Å². The Morgan fingerprint density at radius 1 is 1.42 bits per heavy atom. The van der Waals surface area contributed by atoms with Gasteiger partial charge in [0.1, 0.15) is 10.7 Å². The number of aliphatic hydroxyl groups excluding tert-OH is 1. The molecule has 0 aliphatic heterocycles. The van der Waals surface area contributed by atoms with Crippen molar-refractivity contribution in [2.24, 2.45) is 0 Å². The van der Waals surface area contributed by atoms with Crippen LogP contribution in [-0.2, 0) is 14.8 Å². The normalized spacial score (nSPS) is 12.0. The number of nitrogens with two attached hydrogens (primary N) is 1. The van der Waals surface area contributed by atoms with Crippen molar-refractivity contribution in [3.05, 3.63) is 24.0 Å². The average Bonchev–Trinajstić information content (AvgIpc) is 2.33. The Labute approximate surface area is 111 Å². The molecule has 0 atom stereocenters. The van der Waals surface area contributed by atoms with Crippen LogP contribution in [0.4, 0.5) is 10.1 Å². The van der Waals surface area contributed by atoms with Gasteiger partial charge in [0, 0.05) is 20.2 Å². The molecule has 3 N–H and O–H groups in total. The van der Waals surface area contributed by atoms with E-state index < -0.39 is 15.8 Å². The number of benzene rings is 1. The van der Waals surface area contributed by atoms with Gasteiger partial charge in [0.25, 0.3) is 0 Å². The first kappa shape index (κ1) is 15.8. The largest absolute Gasteiger partial charge is 0.398 e. The molecule has 0 fully saturated rings. The van der Waals surface area contributed by atoms with E-state index in [1.54, 1.807) is 0 Å². The van der Waals surface area contributed by atoms with Crippen molar-refractivity contribution < 1.29 is 22.7 Å². The highest BCUT2D eigenvalue weighted by molar-refractivity contribution is 7.89. The first-order valence-electron chi connectivity index (χ1n) is 5.58. The Morgan fingerprint density at radius 2 is 2.11 bits per heavy atom. The topological polar surface area (TPSA) is 92.9 Å². The lowest BCUT2D eigenvalue weighted by Gasteiger charge is -2.21. The molecule has 0 saturated heterocycles. The summed E-state index contributed by atoms with van der Waals surface area (Å²) in [5.74, 6) is -0.609. The van der Waals surface area contributed by atoms with Crippen LogP contribution in [0, 0.1) is 5.82 Å². The first-order valence-corrected chi connectivity index (χ1v) is 7.02. The second-order valence-electron chi connectivity index (χ2n) is 3.80. The molecule has 0 bridgehead atoms. The van der Waals surface area contributed by atoms with Gasteiger partial charge in [0.05, 0.1) is 18.9 Å². The number of nitrogens with zero attached hydrogens (tertiary/aromatic N) is 1. The number of rotatable bonds is 7. The van der Waals surface area contributed by atoms with E-state index in [9.17, 15) is 12.8 Å². The Bertz CT molecular complexity index is 521. The molecule has 1 aromatic rings. The maximum absolute atomic E-state index is 12.9. The van der Waals surface area contributed by atoms with E-state index in [1.165, 1.54) is 7.11 Å². The Hall–Kier alpha value is -1.22. The van der Waals surface area contributed by atoms with Gasteiger partial charge in [-0.2, -0.15) is 4.31 Å². The Balaban J connectivity index is 3.11. The van der Waals surface area contributed by atoms with Crippen molar-refractivity contribution in [3.63, 3.8) is 0 Å². The summed E-state index contributed by atoms with van der Waals surface area (Å²) < 4.78 is 43.4. The smallest absolute Gasteiger partial charge is 0.245 e. The predicted molar refractivity (Wildman–Crippen MR) is 68.5 cm³/mol. The number of anilines is 1. The minimum Gasteiger partial charge on any atom is -0.398 e. The van der Waals surface area contributed by atoms with Crippen LogP contribution in [0.25, 0.3) is 0 Å². The number of hydrogen-bond acceptors (Lipinski definition) is 5. The average molecular weight is 292 g/mol. The quantitative estimate of drug-likeness (QED) is 0.692. The van der Waals surface area contributed by atoms with Gasteiger partial charge in [-0.05, 0) is 18.2 Å². The van der Waals surface area contributed by atoms with E-state index in [0.29, 0.717) is 0 Å². The molecule has 0 heterocycles. The summed E-state index contributed by atoms with van der Waals surface area (Å²) in [4.78, 5) is -0.182. The fourth-order valence-electron chi connectivity index (χ4n) is 1.55. The van der Waals surface area contributed by atoms with E-state index in [0.717, 1.165) is 22.5 Å². The molecule has 0 aliphatic rings. The highest BCUT2D eigenvalue weighted by atomic mass is 32.2. The zero-order chi connectivity index (χ0) is 14.5. The van der Waals surface area contributed by atoms with Crippen LogP contribution in [0.1, 0.15) is 0 Å². The summed E-state index contributed by atoms with van der Waals surface area (Å²) in [5, 5.41) is 8.92. The zero-order valence-corrected chi connectivity index (χ0v) is 11.4. The molecule has 0 amide bonds. The highest BCUT2D eigenvalue weighted by Gasteiger charge is 2.26. The van der Waals surface area contributed by atoms with Crippen molar-refractivity contribution in [2.75, 3.05) is 39.1 Å². The zero-order valence-electron chi connectivity index (χ0n) is 10.5. The number of methoxy groups -OCH3 is 1. The molecule has 0 unspecified atom stereocenters. The van der Waals surface area contributed by atoms with Crippen LogP contribution < -0.4 is 5.73 Å². The maximum atomic E-state index is 12.9. The molecule has 108 valence electrons. The number of ether oxygens (including phenoxy) is 1. The van der Waals surface area contributed by atoms with E-state index in [4.69, 9.17) is 15.6 Å². The lowest BCUT2D eigenvalue weighted by Crippen LogP contribution is -2.36. The molecule has 0 spiro atoms. The van der Waals surface area contributed by atoms with E-state index in [1.807, 2.05) is 0 Å². The van der Waals surface area contributed by atoms with Gasteiger partial charge >= 0.3 is 0 Å². The van der Waals surface area contributed by atoms with Crippen molar-refractivity contribution in [1.29, 1.82) is 0 Å². The molecule has 0 aromatic heterocycles. The molecular formula is C11H17FN2O4S. The first-order chi connectivity index (χ1) is 8.93. The fourth-order valence-corrected chi connectivity index (χ4v) is 3.06. The molecule has 8 heteroatoms. The van der Waals surface area contributed by atoms with E-state index in [2.05, 4.69) is 0 Å². The molecule has 0 saturated carbocycles. The van der Waals surface area contributed by atoms with Crippen molar-refractivity contribution in [3.8, 4) is 0 Å². The minimum atomic E-state index is -3.88. The lowest BCUT2D eigenvalue weighted by molar-refractivity contribution is 0.168. The van der Waals surface area contributed by atoms with Gasteiger partial charge in [0.15, 0.2) is 0 Å². The number of nitrogen functional groups attached to an aromatic ring is 1. The third-order valence-corrected chi connectivity index (χ3v) is 4.46. The molecule has 0 radical (unpaired) electrons. The van der Waals surface area contributed by atoms with Crippen LogP contribution in [0.5, 0.6) is 0 Å². The van der Waals surface area contributed by atoms with Crippen molar-refractivity contribution in [1.82, 2.24) is 4.31 Å². The van der Waals surface area contributed by atoms with Crippen LogP contribution in [-0.4, -0.2) is 51.2 Å². The second-order valence-corrected chi connectivity index (χ2v) is 5.71. The maximum Gasteiger partial charge on any atom is 0.245 e. The Morgan fingerprint density at radius 3 is 2.63 bits per heavy atom. The second kappa shape index (κ2) is 6.80. The number of halogens is 1. The molecule has 1 aromatic carbocycles. The highest BCUT2D eigenvalue weighted by Crippen LogP contribution is 2.22. The van der Waals surface area contributed by atoms with E-state index >= 15 is 0 Å². The Kier molecular flexibility index (Phi) is 5.67. The van der Waals surface area contributed by atoms with Crippen LogP contribution in [0.2, 0.25) is 0 Å². The fraction of sp³-hybridized carbons (Fsp3) is 0.455. The van der Waals surface area contributed by atoms with Gasteiger partial charge in [0.2, 0.25) is 10.0 Å². The number of aliphatic hydroxyl groups is 1. The molecule has 6 nitrogen and oxygen atoms in total. The third-order valence-electron chi connectivity index (χ3n) is 2.48. The summed E-state index contributed by atoms with van der Waals surface area (Å²) >= 11 is 0.